The molecule has 11 rings (SSSR count). The molecule has 0 amide bonds. The summed E-state index contributed by atoms with van der Waals surface area (Å²) in [5.74, 6) is 1.95. The normalized spacial score (nSPS) is 25.2. The number of hydrogen-bond acceptors (Lipinski definition) is 7. The van der Waals surface area contributed by atoms with Gasteiger partial charge in [0.15, 0.2) is 0 Å². The average Bonchev–Trinajstić information content (AvgIpc) is 3.18. The van der Waals surface area contributed by atoms with Crippen molar-refractivity contribution < 1.29 is 28.8 Å². The number of fused-ring (bicyclic) bond motifs is 1. The van der Waals surface area contributed by atoms with E-state index in [0.717, 1.165) is 107 Å². The Morgan fingerprint density at radius 1 is 0.827 bits per heavy atom. The zero-order valence-corrected chi connectivity index (χ0v) is 30.2. The van der Waals surface area contributed by atoms with E-state index in [1.165, 1.54) is 28.8 Å². The fourth-order valence-corrected chi connectivity index (χ4v) is 8.32. The summed E-state index contributed by atoms with van der Waals surface area (Å²) in [6.07, 6.45) is 6.92. The van der Waals surface area contributed by atoms with Gasteiger partial charge in [0.25, 0.3) is 0 Å². The molecule has 7 aliphatic heterocycles. The van der Waals surface area contributed by atoms with E-state index in [2.05, 4.69) is 58.3 Å². The number of aryl methyl sites for hydroxylation is 1. The van der Waals surface area contributed by atoms with Crippen LogP contribution < -0.4 is 9.47 Å². The van der Waals surface area contributed by atoms with Crippen molar-refractivity contribution in [2.75, 3.05) is 45.9 Å². The molecule has 2 fully saturated rings. The van der Waals surface area contributed by atoms with Crippen molar-refractivity contribution in [1.29, 1.82) is 0 Å². The van der Waals surface area contributed by atoms with Crippen LogP contribution in [0, 0.1) is 5.82 Å². The van der Waals surface area contributed by atoms with Crippen molar-refractivity contribution in [2.24, 2.45) is 0 Å². The highest BCUT2D eigenvalue weighted by molar-refractivity contribution is 5.34. The fourth-order valence-electron chi connectivity index (χ4n) is 8.32. The molecule has 7 aliphatic rings. The van der Waals surface area contributed by atoms with Crippen molar-refractivity contribution in [1.82, 2.24) is 9.80 Å². The Morgan fingerprint density at radius 2 is 1.56 bits per heavy atom. The van der Waals surface area contributed by atoms with E-state index < -0.39 is 5.60 Å². The van der Waals surface area contributed by atoms with Gasteiger partial charge in [-0.15, -0.1) is 0 Å². The van der Waals surface area contributed by atoms with E-state index in [1.54, 1.807) is 12.1 Å². The number of piperidine rings is 2. The van der Waals surface area contributed by atoms with E-state index in [-0.39, 0.29) is 24.6 Å². The maximum Gasteiger partial charge on any atom is 0.123 e. The van der Waals surface area contributed by atoms with E-state index in [1.807, 2.05) is 24.3 Å². The molecular formula is C44H53FN2O5. The molecule has 2 N–H and O–H groups in total. The molecule has 4 aromatic rings. The van der Waals surface area contributed by atoms with E-state index in [9.17, 15) is 14.6 Å². The topological polar surface area (TPSA) is 74.6 Å². The minimum atomic E-state index is -0.947. The molecule has 4 aromatic carbocycles. The zero-order chi connectivity index (χ0) is 35.8. The Morgan fingerprint density at radius 3 is 2.33 bits per heavy atom. The monoisotopic (exact) mass is 708 g/mol. The first-order chi connectivity index (χ1) is 25.4. The highest BCUT2D eigenvalue weighted by Gasteiger charge is 2.35. The van der Waals surface area contributed by atoms with E-state index in [4.69, 9.17) is 14.2 Å². The summed E-state index contributed by atoms with van der Waals surface area (Å²) in [5.41, 5.74) is 4.78. The summed E-state index contributed by atoms with van der Waals surface area (Å²) in [6, 6.07) is 31.1. The van der Waals surface area contributed by atoms with Gasteiger partial charge < -0.3 is 29.3 Å². The van der Waals surface area contributed by atoms with Crippen LogP contribution in [0.5, 0.6) is 11.5 Å². The summed E-state index contributed by atoms with van der Waals surface area (Å²) >= 11 is 0. The number of rotatable bonds is 6. The SMILES string of the molecule is Fc1ccc(OC2CCN(CC3COCc4ccccc43)CC2)cc1.OCc1ccccc1C1(O)CCCc2ccc(cc2)OC2CCN(CC2)C1. The third-order valence-electron chi connectivity index (χ3n) is 11.2. The van der Waals surface area contributed by atoms with Crippen LogP contribution in [0.2, 0.25) is 0 Å². The number of likely N-dealkylation sites (tertiary alicyclic amines) is 1. The van der Waals surface area contributed by atoms with E-state index >= 15 is 0 Å². The first kappa shape index (κ1) is 36.6. The molecule has 0 saturated carbocycles. The van der Waals surface area contributed by atoms with Gasteiger partial charge >= 0.3 is 0 Å². The van der Waals surface area contributed by atoms with E-state index in [0.29, 0.717) is 18.9 Å². The zero-order valence-electron chi connectivity index (χ0n) is 30.2. The summed E-state index contributed by atoms with van der Waals surface area (Å²) in [6.45, 7) is 7.06. The molecule has 4 bridgehead atoms. The Kier molecular flexibility index (Phi) is 12.2. The Labute approximate surface area is 307 Å². The molecule has 8 heteroatoms. The molecule has 0 aliphatic carbocycles. The third kappa shape index (κ3) is 9.41. The van der Waals surface area contributed by atoms with Gasteiger partial charge in [0.05, 0.1) is 19.8 Å². The molecule has 2 saturated heterocycles. The van der Waals surface area contributed by atoms with Crippen LogP contribution in [-0.2, 0) is 30.0 Å². The van der Waals surface area contributed by atoms with Gasteiger partial charge in [0, 0.05) is 45.2 Å². The lowest BCUT2D eigenvalue weighted by molar-refractivity contribution is -0.0249. The molecule has 0 spiro atoms. The van der Waals surface area contributed by atoms with Crippen LogP contribution in [0.4, 0.5) is 4.39 Å². The summed E-state index contributed by atoms with van der Waals surface area (Å²) in [5, 5.41) is 21.5. The largest absolute Gasteiger partial charge is 0.490 e. The number of aliphatic hydroxyl groups excluding tert-OH is 1. The lowest BCUT2D eigenvalue weighted by atomic mass is 9.84. The highest BCUT2D eigenvalue weighted by atomic mass is 19.1. The maximum atomic E-state index is 13.0. The van der Waals surface area contributed by atoms with Crippen molar-refractivity contribution in [3.05, 3.63) is 131 Å². The third-order valence-corrected chi connectivity index (χ3v) is 11.2. The van der Waals surface area contributed by atoms with Crippen LogP contribution in [-0.4, -0.2) is 78.1 Å². The highest BCUT2D eigenvalue weighted by Crippen LogP contribution is 2.34. The van der Waals surface area contributed by atoms with Gasteiger partial charge in [-0.05, 0) is 109 Å². The van der Waals surface area contributed by atoms with Crippen LogP contribution in [0.1, 0.15) is 72.3 Å². The quantitative estimate of drug-likeness (QED) is 0.219. The minimum absolute atomic E-state index is 0.0458. The first-order valence-electron chi connectivity index (χ1n) is 19.1. The number of aliphatic hydroxyl groups is 2. The molecular weight excluding hydrogens is 655 g/mol. The van der Waals surface area contributed by atoms with Crippen LogP contribution in [0.3, 0.4) is 0 Å². The fraction of sp³-hybridized carbons (Fsp3) is 0.455. The predicted octanol–water partition coefficient (Wildman–Crippen LogP) is 7.23. The summed E-state index contributed by atoms with van der Waals surface area (Å²) in [4.78, 5) is 4.86. The first-order valence-corrected chi connectivity index (χ1v) is 19.1. The lowest BCUT2D eigenvalue weighted by Crippen LogP contribution is -2.46. The van der Waals surface area contributed by atoms with Gasteiger partial charge in [-0.2, -0.15) is 0 Å². The van der Waals surface area contributed by atoms with Crippen molar-refractivity contribution in [3.63, 3.8) is 0 Å². The summed E-state index contributed by atoms with van der Waals surface area (Å²) in [7, 11) is 0. The lowest BCUT2D eigenvalue weighted by Gasteiger charge is -2.39. The average molecular weight is 709 g/mol. The molecule has 0 aromatic heterocycles. The smallest absolute Gasteiger partial charge is 0.123 e. The number of ether oxygens (including phenoxy) is 3. The maximum absolute atomic E-state index is 13.0. The molecule has 0 radical (unpaired) electrons. The molecule has 7 nitrogen and oxygen atoms in total. The van der Waals surface area contributed by atoms with Crippen LogP contribution >= 0.6 is 0 Å². The number of halogens is 1. The Bertz CT molecular complexity index is 1700. The number of benzene rings is 4. The standard InChI is InChI=1S/C23H29NO3.C21H24FNO2/c25-16-19-5-1-2-6-22(19)23(26)13-3-4-18-7-9-20(10-8-18)27-21-11-14-24(17-23)15-12-21;22-18-5-7-19(8-6-18)25-20-9-11-23(12-10-20)13-17-15-24-14-16-3-1-2-4-21(16)17/h1-2,5-10,21,25-26H,3-4,11-17H2;1-8,17,20H,9-15H2. The minimum Gasteiger partial charge on any atom is -0.490 e. The number of nitrogens with zero attached hydrogens (tertiary/aromatic N) is 2. The van der Waals surface area contributed by atoms with Crippen molar-refractivity contribution in [2.45, 2.75) is 81.9 Å². The second-order valence-electron chi connectivity index (χ2n) is 14.9. The Hall–Kier alpha value is -3.79. The second-order valence-corrected chi connectivity index (χ2v) is 14.9. The van der Waals surface area contributed by atoms with Gasteiger partial charge in [-0.3, -0.25) is 4.90 Å². The van der Waals surface area contributed by atoms with Gasteiger partial charge in [0.2, 0.25) is 0 Å². The predicted molar refractivity (Wildman–Crippen MR) is 201 cm³/mol. The van der Waals surface area contributed by atoms with Crippen molar-refractivity contribution in [3.8, 4) is 11.5 Å². The second kappa shape index (κ2) is 17.4. The molecule has 52 heavy (non-hydrogen) atoms. The molecule has 2 unspecified atom stereocenters. The van der Waals surface area contributed by atoms with Crippen molar-refractivity contribution >= 4 is 0 Å². The van der Waals surface area contributed by atoms with Crippen LogP contribution in [0.25, 0.3) is 0 Å². The molecule has 276 valence electrons. The van der Waals surface area contributed by atoms with Gasteiger partial charge in [-0.1, -0.05) is 60.7 Å². The molecule has 2 atom stereocenters. The number of hydrogen-bond donors (Lipinski definition) is 2. The van der Waals surface area contributed by atoms with Crippen LogP contribution in [0.15, 0.2) is 97.1 Å². The van der Waals surface area contributed by atoms with Gasteiger partial charge in [-0.25, -0.2) is 4.39 Å². The Balaban J connectivity index is 0.000000162. The molecule has 7 heterocycles. The van der Waals surface area contributed by atoms with Gasteiger partial charge in [0.1, 0.15) is 35.1 Å². The summed E-state index contributed by atoms with van der Waals surface area (Å²) < 4.78 is 30.9.